The van der Waals surface area contributed by atoms with Gasteiger partial charge in [0.15, 0.2) is 6.29 Å². The van der Waals surface area contributed by atoms with E-state index in [0.717, 1.165) is 10.5 Å². The molecule has 1 aromatic heterocycles. The van der Waals surface area contributed by atoms with Crippen molar-refractivity contribution in [2.45, 2.75) is 23.8 Å². The number of benzene rings is 1. The third kappa shape index (κ3) is 2.71. The van der Waals surface area contributed by atoms with Gasteiger partial charge in [-0.05, 0) is 25.5 Å². The fraction of sp³-hybridized carbons (Fsp3) is 0.154. The molecule has 0 spiro atoms. The average Bonchev–Trinajstić information content (AvgIpc) is 2.31. The summed E-state index contributed by atoms with van der Waals surface area (Å²) in [5.74, 6) is 0.557. The molecule has 0 unspecified atom stereocenters. The minimum Gasteiger partial charge on any atom is -0.298 e. The zero-order valence-corrected chi connectivity index (χ0v) is 11.5. The van der Waals surface area contributed by atoms with Crippen molar-refractivity contribution in [3.8, 4) is 0 Å². The lowest BCUT2D eigenvalue weighted by atomic mass is 10.2. The summed E-state index contributed by atoms with van der Waals surface area (Å²) in [6.07, 6.45) is 0.697. The van der Waals surface area contributed by atoms with Gasteiger partial charge in [0.05, 0.1) is 5.56 Å². The van der Waals surface area contributed by atoms with Crippen LogP contribution >= 0.6 is 23.4 Å². The second-order valence-electron chi connectivity index (χ2n) is 3.77. The number of hydrogen-bond donors (Lipinski definition) is 0. The number of rotatable bonds is 3. The van der Waals surface area contributed by atoms with Crippen LogP contribution in [0.2, 0.25) is 5.15 Å². The molecule has 2 rings (SSSR count). The van der Waals surface area contributed by atoms with Gasteiger partial charge in [-0.1, -0.05) is 41.6 Å². The normalized spacial score (nSPS) is 10.4. The van der Waals surface area contributed by atoms with E-state index in [9.17, 15) is 4.79 Å². The van der Waals surface area contributed by atoms with Gasteiger partial charge in [0, 0.05) is 4.90 Å². The molecule has 0 bridgehead atoms. The van der Waals surface area contributed by atoms with Crippen molar-refractivity contribution in [2.75, 3.05) is 0 Å². The fourth-order valence-corrected chi connectivity index (χ4v) is 2.80. The van der Waals surface area contributed by atoms with E-state index in [1.54, 1.807) is 6.92 Å². The highest BCUT2D eigenvalue weighted by molar-refractivity contribution is 7.99. The predicted octanol–water partition coefficient (Wildman–Crippen LogP) is 3.71. The van der Waals surface area contributed by atoms with Crippen LogP contribution in [0.5, 0.6) is 0 Å². The Morgan fingerprint density at radius 2 is 1.94 bits per heavy atom. The van der Waals surface area contributed by atoms with Gasteiger partial charge in [0.2, 0.25) is 0 Å². The molecule has 0 saturated carbocycles. The van der Waals surface area contributed by atoms with E-state index in [0.29, 0.717) is 22.7 Å². The lowest BCUT2D eigenvalue weighted by Gasteiger charge is -2.08. The maximum atomic E-state index is 11.1. The highest BCUT2D eigenvalue weighted by Gasteiger charge is 2.13. The molecule has 0 aliphatic rings. The van der Waals surface area contributed by atoms with Crippen molar-refractivity contribution in [3.63, 3.8) is 0 Å². The van der Waals surface area contributed by atoms with Crippen molar-refractivity contribution >= 4 is 29.6 Å². The summed E-state index contributed by atoms with van der Waals surface area (Å²) in [5.41, 5.74) is 1.47. The summed E-state index contributed by atoms with van der Waals surface area (Å²) in [6, 6.07) is 7.92. The van der Waals surface area contributed by atoms with Gasteiger partial charge in [-0.2, -0.15) is 0 Å². The molecular formula is C13H11ClN2OS. The van der Waals surface area contributed by atoms with Crippen LogP contribution in [0.1, 0.15) is 21.7 Å². The molecule has 2 aromatic rings. The van der Waals surface area contributed by atoms with E-state index in [2.05, 4.69) is 9.97 Å². The molecule has 0 atom stereocenters. The Bertz CT molecular complexity index is 602. The summed E-state index contributed by atoms with van der Waals surface area (Å²) in [4.78, 5) is 20.4. The van der Waals surface area contributed by atoms with E-state index in [4.69, 9.17) is 11.6 Å². The molecule has 0 N–H and O–H groups in total. The molecule has 92 valence electrons. The van der Waals surface area contributed by atoms with Gasteiger partial charge >= 0.3 is 0 Å². The van der Waals surface area contributed by atoms with E-state index in [-0.39, 0.29) is 5.15 Å². The van der Waals surface area contributed by atoms with Gasteiger partial charge < -0.3 is 0 Å². The van der Waals surface area contributed by atoms with Gasteiger partial charge in [-0.15, -0.1) is 0 Å². The van der Waals surface area contributed by atoms with Gasteiger partial charge in [-0.25, -0.2) is 9.97 Å². The standard InChI is InChI=1S/C13H11ClN2OS/c1-8-5-3-4-6-11(8)18-13-10(7-17)12(14)15-9(2)16-13/h3-7H,1-2H3. The zero-order chi connectivity index (χ0) is 13.1. The van der Waals surface area contributed by atoms with E-state index in [1.165, 1.54) is 11.8 Å². The summed E-state index contributed by atoms with van der Waals surface area (Å²) in [5, 5.41) is 0.797. The van der Waals surface area contributed by atoms with Gasteiger partial charge in [-0.3, -0.25) is 4.79 Å². The number of carbonyl (C=O) groups excluding carboxylic acids is 1. The van der Waals surface area contributed by atoms with Crippen molar-refractivity contribution < 1.29 is 4.79 Å². The highest BCUT2D eigenvalue weighted by atomic mass is 35.5. The average molecular weight is 279 g/mol. The van der Waals surface area contributed by atoms with Crippen LogP contribution in [0.4, 0.5) is 0 Å². The van der Waals surface area contributed by atoms with Gasteiger partial charge in [0.25, 0.3) is 0 Å². The number of aryl methyl sites for hydroxylation is 2. The Kier molecular flexibility index (Phi) is 3.99. The minimum atomic E-state index is 0.202. The molecule has 0 aliphatic carbocycles. The summed E-state index contributed by atoms with van der Waals surface area (Å²) >= 11 is 7.37. The highest BCUT2D eigenvalue weighted by Crippen LogP contribution is 2.32. The van der Waals surface area contributed by atoms with Crippen molar-refractivity contribution in [3.05, 3.63) is 46.4 Å². The second-order valence-corrected chi connectivity index (χ2v) is 5.15. The number of carbonyl (C=O) groups is 1. The molecule has 1 aromatic carbocycles. The summed E-state index contributed by atoms with van der Waals surface area (Å²) in [7, 11) is 0. The third-order valence-corrected chi connectivity index (χ3v) is 3.86. The van der Waals surface area contributed by atoms with Gasteiger partial charge in [0.1, 0.15) is 16.0 Å². The molecule has 1 heterocycles. The van der Waals surface area contributed by atoms with Crippen LogP contribution in [0, 0.1) is 13.8 Å². The largest absolute Gasteiger partial charge is 0.298 e. The topological polar surface area (TPSA) is 42.9 Å². The molecule has 0 radical (unpaired) electrons. The summed E-state index contributed by atoms with van der Waals surface area (Å²) in [6.45, 7) is 3.76. The molecule has 0 aliphatic heterocycles. The number of aromatic nitrogens is 2. The van der Waals surface area contributed by atoms with Crippen LogP contribution < -0.4 is 0 Å². The van der Waals surface area contributed by atoms with E-state index >= 15 is 0 Å². The minimum absolute atomic E-state index is 0.202. The van der Waals surface area contributed by atoms with Crippen molar-refractivity contribution in [1.82, 2.24) is 9.97 Å². The quantitative estimate of drug-likeness (QED) is 0.634. The summed E-state index contributed by atoms with van der Waals surface area (Å²) < 4.78 is 0. The van der Waals surface area contributed by atoms with Crippen LogP contribution in [0.25, 0.3) is 0 Å². The van der Waals surface area contributed by atoms with E-state index in [1.807, 2.05) is 31.2 Å². The molecule has 3 nitrogen and oxygen atoms in total. The van der Waals surface area contributed by atoms with Crippen molar-refractivity contribution in [1.29, 1.82) is 0 Å². The maximum absolute atomic E-state index is 11.1. The Morgan fingerprint density at radius 3 is 2.61 bits per heavy atom. The van der Waals surface area contributed by atoms with Crippen LogP contribution in [0.15, 0.2) is 34.2 Å². The second kappa shape index (κ2) is 5.50. The lowest BCUT2D eigenvalue weighted by Crippen LogP contribution is -1.98. The van der Waals surface area contributed by atoms with Crippen LogP contribution in [-0.4, -0.2) is 16.3 Å². The molecule has 5 heteroatoms. The first kappa shape index (κ1) is 13.1. The number of aldehydes is 1. The zero-order valence-electron chi connectivity index (χ0n) is 9.98. The Labute approximate surface area is 115 Å². The smallest absolute Gasteiger partial charge is 0.155 e. The molecule has 0 fully saturated rings. The van der Waals surface area contributed by atoms with Crippen LogP contribution in [0.3, 0.4) is 0 Å². The molecular weight excluding hydrogens is 268 g/mol. The Balaban J connectivity index is 2.46. The fourth-order valence-electron chi connectivity index (χ4n) is 1.47. The lowest BCUT2D eigenvalue weighted by molar-refractivity contribution is 0.112. The molecule has 0 amide bonds. The van der Waals surface area contributed by atoms with E-state index < -0.39 is 0 Å². The first-order valence-electron chi connectivity index (χ1n) is 5.34. The third-order valence-electron chi connectivity index (χ3n) is 2.39. The first-order valence-corrected chi connectivity index (χ1v) is 6.54. The predicted molar refractivity (Wildman–Crippen MR) is 72.5 cm³/mol. The Hall–Kier alpha value is -1.39. The number of nitrogens with zero attached hydrogens (tertiary/aromatic N) is 2. The SMILES string of the molecule is Cc1nc(Cl)c(C=O)c(Sc2ccccc2C)n1. The van der Waals surface area contributed by atoms with Crippen molar-refractivity contribution in [2.24, 2.45) is 0 Å². The maximum Gasteiger partial charge on any atom is 0.155 e. The Morgan fingerprint density at radius 1 is 1.22 bits per heavy atom. The first-order chi connectivity index (χ1) is 8.61. The monoisotopic (exact) mass is 278 g/mol. The number of halogens is 1. The molecule has 18 heavy (non-hydrogen) atoms. The number of hydrogen-bond acceptors (Lipinski definition) is 4. The van der Waals surface area contributed by atoms with Crippen LogP contribution in [-0.2, 0) is 0 Å². The molecule has 0 saturated heterocycles.